The van der Waals surface area contributed by atoms with Crippen LogP contribution >= 0.6 is 0 Å². The molecule has 202 valence electrons. The van der Waals surface area contributed by atoms with E-state index in [1.165, 1.54) is 11.6 Å². The molecular formula is C29H34N2O7. The summed E-state index contributed by atoms with van der Waals surface area (Å²) in [6, 6.07) is 9.33. The SMILES string of the molecule is CCCOC(=O)CCc1cc2c(C)cc(=O)oc2c(CN2CCN(Cc3ccc4c(c3)OCO4)CC2)c1O. The Kier molecular flexibility index (Phi) is 7.85. The fourth-order valence-electron chi connectivity index (χ4n) is 5.05. The number of nitrogens with zero attached hydrogens (tertiary/aromatic N) is 2. The van der Waals surface area contributed by atoms with Crippen molar-refractivity contribution in [2.75, 3.05) is 39.6 Å². The number of piperazine rings is 1. The number of phenols is 1. The molecule has 0 amide bonds. The first-order chi connectivity index (χ1) is 18.4. The molecule has 0 aliphatic carbocycles. The third-order valence-corrected chi connectivity index (χ3v) is 7.14. The van der Waals surface area contributed by atoms with Crippen molar-refractivity contribution in [3.63, 3.8) is 0 Å². The minimum Gasteiger partial charge on any atom is -0.507 e. The Balaban J connectivity index is 1.30. The molecule has 0 atom stereocenters. The molecule has 2 aliphatic heterocycles. The normalized spacial score (nSPS) is 15.7. The molecule has 0 spiro atoms. The molecular weight excluding hydrogens is 488 g/mol. The van der Waals surface area contributed by atoms with E-state index in [9.17, 15) is 14.7 Å². The van der Waals surface area contributed by atoms with Crippen molar-refractivity contribution >= 4 is 16.9 Å². The van der Waals surface area contributed by atoms with Crippen LogP contribution in [0.2, 0.25) is 0 Å². The number of rotatable bonds is 9. The molecule has 1 N–H and O–H groups in total. The van der Waals surface area contributed by atoms with Crippen LogP contribution < -0.4 is 15.1 Å². The number of benzene rings is 2. The van der Waals surface area contributed by atoms with E-state index in [4.69, 9.17) is 18.6 Å². The van der Waals surface area contributed by atoms with E-state index in [1.54, 1.807) is 0 Å². The monoisotopic (exact) mass is 522 g/mol. The van der Waals surface area contributed by atoms with Gasteiger partial charge in [-0.2, -0.15) is 0 Å². The second kappa shape index (κ2) is 11.4. The Labute approximate surface area is 221 Å². The van der Waals surface area contributed by atoms with Crippen molar-refractivity contribution in [2.24, 2.45) is 0 Å². The van der Waals surface area contributed by atoms with Gasteiger partial charge in [0.1, 0.15) is 11.3 Å². The Bertz CT molecular complexity index is 1380. The maximum Gasteiger partial charge on any atom is 0.336 e. The molecule has 3 aromatic rings. The van der Waals surface area contributed by atoms with Crippen LogP contribution in [-0.2, 0) is 29.0 Å². The van der Waals surface area contributed by atoms with E-state index >= 15 is 0 Å². The van der Waals surface area contributed by atoms with Gasteiger partial charge in [-0.1, -0.05) is 13.0 Å². The summed E-state index contributed by atoms with van der Waals surface area (Å²) in [6.07, 6.45) is 1.28. The van der Waals surface area contributed by atoms with Crippen molar-refractivity contribution in [1.82, 2.24) is 9.80 Å². The van der Waals surface area contributed by atoms with E-state index in [0.717, 1.165) is 61.6 Å². The van der Waals surface area contributed by atoms with Crippen molar-refractivity contribution in [2.45, 2.75) is 46.2 Å². The first-order valence-corrected chi connectivity index (χ1v) is 13.2. The van der Waals surface area contributed by atoms with E-state index in [2.05, 4.69) is 15.9 Å². The van der Waals surface area contributed by atoms with E-state index in [0.29, 0.717) is 36.3 Å². The van der Waals surface area contributed by atoms with Crippen LogP contribution in [-0.4, -0.2) is 60.5 Å². The standard InChI is InChI=1S/C29H34N2O7/c1-3-12-35-26(32)7-5-21-15-22-19(2)13-27(33)38-29(22)23(28(21)34)17-31-10-8-30(9-11-31)16-20-4-6-24-25(14-20)37-18-36-24/h4,6,13-15,34H,3,5,7-12,16-18H2,1-2H3. The average molecular weight is 523 g/mol. The van der Waals surface area contributed by atoms with Crippen molar-refractivity contribution in [3.8, 4) is 17.2 Å². The first-order valence-electron chi connectivity index (χ1n) is 13.2. The lowest BCUT2D eigenvalue weighted by atomic mass is 9.98. The predicted octanol–water partition coefficient (Wildman–Crippen LogP) is 3.74. The van der Waals surface area contributed by atoms with Crippen LogP contribution in [0.25, 0.3) is 11.0 Å². The van der Waals surface area contributed by atoms with E-state index in [-0.39, 0.29) is 24.9 Å². The second-order valence-electron chi connectivity index (χ2n) is 9.95. The number of hydrogen-bond donors (Lipinski definition) is 1. The van der Waals surface area contributed by atoms with E-state index in [1.807, 2.05) is 32.0 Å². The van der Waals surface area contributed by atoms with Crippen LogP contribution in [0.4, 0.5) is 0 Å². The predicted molar refractivity (Wildman–Crippen MR) is 142 cm³/mol. The van der Waals surface area contributed by atoms with Gasteiger partial charge in [0, 0.05) is 57.1 Å². The van der Waals surface area contributed by atoms with Crippen molar-refractivity contribution in [3.05, 3.63) is 63.0 Å². The molecule has 0 bridgehead atoms. The zero-order valence-electron chi connectivity index (χ0n) is 22.0. The van der Waals surface area contributed by atoms with Gasteiger partial charge in [-0.3, -0.25) is 14.6 Å². The third kappa shape index (κ3) is 5.79. The number of carbonyl (C=O) groups is 1. The van der Waals surface area contributed by atoms with Gasteiger partial charge in [0.15, 0.2) is 11.5 Å². The molecule has 0 saturated carbocycles. The maximum atomic E-state index is 12.2. The van der Waals surface area contributed by atoms with Crippen LogP contribution in [0, 0.1) is 6.92 Å². The number of aryl methyl sites for hydroxylation is 2. The van der Waals surface area contributed by atoms with Crippen LogP contribution in [0.15, 0.2) is 39.5 Å². The van der Waals surface area contributed by atoms with Gasteiger partial charge in [-0.05, 0) is 54.7 Å². The summed E-state index contributed by atoms with van der Waals surface area (Å²) >= 11 is 0. The molecule has 0 unspecified atom stereocenters. The van der Waals surface area contributed by atoms with Gasteiger partial charge >= 0.3 is 11.6 Å². The molecule has 1 saturated heterocycles. The highest BCUT2D eigenvalue weighted by atomic mass is 16.7. The summed E-state index contributed by atoms with van der Waals surface area (Å²) < 4.78 is 21.7. The molecule has 2 aromatic carbocycles. The Morgan fingerprint density at radius 1 is 1.03 bits per heavy atom. The average Bonchev–Trinajstić information content (AvgIpc) is 3.37. The molecule has 38 heavy (non-hydrogen) atoms. The fourth-order valence-corrected chi connectivity index (χ4v) is 5.05. The molecule has 5 rings (SSSR count). The summed E-state index contributed by atoms with van der Waals surface area (Å²) in [5, 5.41) is 12.0. The molecule has 9 heteroatoms. The van der Waals surface area contributed by atoms with Crippen LogP contribution in [0.3, 0.4) is 0 Å². The quantitative estimate of drug-likeness (QED) is 0.333. The number of ether oxygens (including phenoxy) is 3. The number of hydrogen-bond acceptors (Lipinski definition) is 9. The van der Waals surface area contributed by atoms with Gasteiger partial charge in [-0.25, -0.2) is 4.79 Å². The molecule has 0 radical (unpaired) electrons. The highest BCUT2D eigenvalue weighted by molar-refractivity contribution is 5.86. The zero-order chi connectivity index (χ0) is 26.6. The van der Waals surface area contributed by atoms with Crippen LogP contribution in [0.1, 0.15) is 42.0 Å². The van der Waals surface area contributed by atoms with Gasteiger partial charge in [0.2, 0.25) is 6.79 Å². The summed E-state index contributed by atoms with van der Waals surface area (Å²) in [5.41, 5.74) is 3.16. The summed E-state index contributed by atoms with van der Waals surface area (Å²) in [7, 11) is 0. The zero-order valence-corrected chi connectivity index (χ0v) is 22.0. The minimum absolute atomic E-state index is 0.0809. The minimum atomic E-state index is -0.444. The van der Waals surface area contributed by atoms with Gasteiger partial charge in [-0.15, -0.1) is 0 Å². The van der Waals surface area contributed by atoms with Gasteiger partial charge in [0.05, 0.1) is 12.2 Å². The summed E-state index contributed by atoms with van der Waals surface area (Å²) in [6.45, 7) is 9.04. The fraction of sp³-hybridized carbons (Fsp3) is 0.448. The lowest BCUT2D eigenvalue weighted by molar-refractivity contribution is -0.143. The number of fused-ring (bicyclic) bond motifs is 2. The number of carbonyl (C=O) groups excluding carboxylic acids is 1. The highest BCUT2D eigenvalue weighted by Crippen LogP contribution is 2.35. The van der Waals surface area contributed by atoms with Gasteiger partial charge in [0.25, 0.3) is 0 Å². The maximum absolute atomic E-state index is 12.2. The number of aromatic hydroxyl groups is 1. The van der Waals surface area contributed by atoms with Crippen molar-refractivity contribution < 1.29 is 28.5 Å². The molecule has 3 heterocycles. The van der Waals surface area contributed by atoms with Gasteiger partial charge < -0.3 is 23.7 Å². The molecule has 2 aliphatic rings. The number of esters is 1. The largest absolute Gasteiger partial charge is 0.507 e. The first kappa shape index (κ1) is 26.1. The van der Waals surface area contributed by atoms with E-state index < -0.39 is 5.63 Å². The molecule has 9 nitrogen and oxygen atoms in total. The van der Waals surface area contributed by atoms with Crippen molar-refractivity contribution in [1.29, 1.82) is 0 Å². The summed E-state index contributed by atoms with van der Waals surface area (Å²) in [5.74, 6) is 1.37. The summed E-state index contributed by atoms with van der Waals surface area (Å²) in [4.78, 5) is 28.9. The number of phenolic OH excluding ortho intramolecular Hbond substituents is 1. The third-order valence-electron chi connectivity index (χ3n) is 7.14. The van der Waals surface area contributed by atoms with Crippen LogP contribution in [0.5, 0.6) is 17.2 Å². The lowest BCUT2D eigenvalue weighted by Crippen LogP contribution is -2.45. The lowest BCUT2D eigenvalue weighted by Gasteiger charge is -2.35. The highest BCUT2D eigenvalue weighted by Gasteiger charge is 2.23. The molecule has 1 aromatic heterocycles. The molecule has 1 fully saturated rings. The Morgan fingerprint density at radius 2 is 1.76 bits per heavy atom. The smallest absolute Gasteiger partial charge is 0.336 e. The second-order valence-corrected chi connectivity index (χ2v) is 9.95. The topological polar surface area (TPSA) is 102 Å². The Hall–Kier alpha value is -3.56. The Morgan fingerprint density at radius 3 is 2.53 bits per heavy atom.